The summed E-state index contributed by atoms with van der Waals surface area (Å²) < 4.78 is 15.4. The van der Waals surface area contributed by atoms with Gasteiger partial charge >= 0.3 is 17.9 Å². The number of aromatic carboxylic acids is 1. The molecule has 3 rings (SSSR count). The molecule has 1 aliphatic rings. The first kappa shape index (κ1) is 26.1. The van der Waals surface area contributed by atoms with Gasteiger partial charge in [0, 0.05) is 6.07 Å². The second-order valence-corrected chi connectivity index (χ2v) is 7.78. The van der Waals surface area contributed by atoms with Crippen molar-refractivity contribution >= 4 is 35.2 Å². The number of nitrogens with two attached hydrogens (primary N) is 1. The van der Waals surface area contributed by atoms with E-state index in [1.165, 1.54) is 6.07 Å². The van der Waals surface area contributed by atoms with Crippen LogP contribution in [0.5, 0.6) is 5.75 Å². The van der Waals surface area contributed by atoms with Crippen molar-refractivity contribution in [3.05, 3.63) is 81.3 Å². The van der Waals surface area contributed by atoms with Crippen LogP contribution in [0.1, 0.15) is 28.8 Å². The number of esters is 2. The molecular formula is C25H22ClN3O7. The fourth-order valence-electron chi connectivity index (χ4n) is 3.92. The van der Waals surface area contributed by atoms with E-state index in [-0.39, 0.29) is 51.3 Å². The summed E-state index contributed by atoms with van der Waals surface area (Å²) >= 11 is 6.45. The van der Waals surface area contributed by atoms with E-state index in [0.717, 1.165) is 25.2 Å². The summed E-state index contributed by atoms with van der Waals surface area (Å²) in [5.41, 5.74) is 6.08. The van der Waals surface area contributed by atoms with Crippen molar-refractivity contribution in [1.29, 1.82) is 5.26 Å². The molecule has 2 aromatic rings. The quantitative estimate of drug-likeness (QED) is 0.529. The molecule has 0 saturated heterocycles. The lowest BCUT2D eigenvalue weighted by Crippen LogP contribution is -2.41. The van der Waals surface area contributed by atoms with Gasteiger partial charge in [-0.05, 0) is 18.6 Å². The molecule has 10 nitrogen and oxygen atoms in total. The Balaban J connectivity index is 2.46. The minimum atomic E-state index is -1.30. The summed E-state index contributed by atoms with van der Waals surface area (Å²) in [6.45, 7) is 1.78. The number of carboxylic acids is 1. The van der Waals surface area contributed by atoms with Gasteiger partial charge in [0.05, 0.1) is 54.7 Å². The van der Waals surface area contributed by atoms with Crippen LogP contribution in [0.15, 0.2) is 65.1 Å². The highest BCUT2D eigenvalue weighted by molar-refractivity contribution is 6.34. The third-order valence-corrected chi connectivity index (χ3v) is 5.73. The summed E-state index contributed by atoms with van der Waals surface area (Å²) in [6.07, 6.45) is 0. The van der Waals surface area contributed by atoms with E-state index in [0.29, 0.717) is 5.56 Å². The number of allylic oxidation sites excluding steroid dienone is 1. The van der Waals surface area contributed by atoms with E-state index < -0.39 is 23.8 Å². The van der Waals surface area contributed by atoms with Crippen LogP contribution in [0.25, 0.3) is 0 Å². The zero-order chi connectivity index (χ0) is 26.6. The van der Waals surface area contributed by atoms with E-state index in [1.54, 1.807) is 37.3 Å². The number of benzene rings is 2. The summed E-state index contributed by atoms with van der Waals surface area (Å²) in [6, 6.07) is 12.9. The number of carboxylic acid groups (broad SMARTS) is 1. The Bertz CT molecular complexity index is 1330. The third-order valence-electron chi connectivity index (χ3n) is 5.43. The van der Waals surface area contributed by atoms with Gasteiger partial charge < -0.3 is 25.1 Å². The molecule has 0 amide bonds. The van der Waals surface area contributed by atoms with Crippen LogP contribution >= 0.6 is 11.6 Å². The molecule has 0 aromatic heterocycles. The lowest BCUT2D eigenvalue weighted by molar-refractivity contribution is -0.139. The average Bonchev–Trinajstić information content (AvgIpc) is 2.88. The fraction of sp³-hybridized carbons (Fsp3) is 0.200. The molecule has 0 saturated carbocycles. The number of rotatable bonds is 7. The van der Waals surface area contributed by atoms with Gasteiger partial charge in [-0.15, -0.1) is 0 Å². The second kappa shape index (κ2) is 10.8. The van der Waals surface area contributed by atoms with Gasteiger partial charge in [-0.25, -0.2) is 14.4 Å². The monoisotopic (exact) mass is 511 g/mol. The maximum atomic E-state index is 13.1. The minimum Gasteiger partial charge on any atom is -0.493 e. The Kier molecular flexibility index (Phi) is 7.86. The highest BCUT2D eigenvalue weighted by Gasteiger charge is 2.43. The van der Waals surface area contributed by atoms with Crippen molar-refractivity contribution in [3.63, 3.8) is 0 Å². The number of hydrogen-bond acceptors (Lipinski definition) is 9. The standard InChI is InChI=1S/C25H22ClN3O7/c1-4-36-18-11-17(16(26)10-14(18)23(30)31)29-21(25(33)35-3)20(24(32)34-2)19(15(12-27)22(29)28)13-8-6-5-7-9-13/h5-11,19H,4,28H2,1-3H3,(H,30,31). The zero-order valence-electron chi connectivity index (χ0n) is 19.6. The van der Waals surface area contributed by atoms with Crippen LogP contribution in [0.4, 0.5) is 5.69 Å². The maximum Gasteiger partial charge on any atom is 0.355 e. The molecule has 0 radical (unpaired) electrons. The van der Waals surface area contributed by atoms with E-state index in [4.69, 9.17) is 31.5 Å². The van der Waals surface area contributed by atoms with Crippen molar-refractivity contribution in [3.8, 4) is 11.8 Å². The molecule has 36 heavy (non-hydrogen) atoms. The SMILES string of the molecule is CCOc1cc(N2C(N)=C(C#N)C(c3ccccc3)C(C(=O)OC)=C2C(=O)OC)c(Cl)cc1C(=O)O. The molecule has 2 aromatic carbocycles. The van der Waals surface area contributed by atoms with Crippen LogP contribution in [-0.4, -0.2) is 43.8 Å². The topological polar surface area (TPSA) is 152 Å². The Morgan fingerprint density at radius 2 is 1.78 bits per heavy atom. The third kappa shape index (κ3) is 4.56. The molecule has 0 fully saturated rings. The fourth-order valence-corrected chi connectivity index (χ4v) is 4.17. The van der Waals surface area contributed by atoms with E-state index in [2.05, 4.69) is 0 Å². The van der Waals surface area contributed by atoms with Crippen molar-refractivity contribution < 1.29 is 33.7 Å². The first-order valence-electron chi connectivity index (χ1n) is 10.6. The molecule has 1 atom stereocenters. The van der Waals surface area contributed by atoms with Gasteiger partial charge in [0.25, 0.3) is 0 Å². The molecule has 0 bridgehead atoms. The number of anilines is 1. The van der Waals surface area contributed by atoms with Crippen LogP contribution in [0, 0.1) is 11.3 Å². The number of carbonyl (C=O) groups is 3. The zero-order valence-corrected chi connectivity index (χ0v) is 20.3. The lowest BCUT2D eigenvalue weighted by atomic mass is 9.81. The van der Waals surface area contributed by atoms with Crippen LogP contribution in [0.3, 0.4) is 0 Å². The lowest BCUT2D eigenvalue weighted by Gasteiger charge is -2.36. The number of nitrogens with zero attached hydrogens (tertiary/aromatic N) is 2. The molecule has 1 aliphatic heterocycles. The molecule has 186 valence electrons. The summed E-state index contributed by atoms with van der Waals surface area (Å²) in [5, 5.41) is 19.5. The van der Waals surface area contributed by atoms with Gasteiger partial charge in [0.1, 0.15) is 22.8 Å². The number of nitriles is 1. The predicted molar refractivity (Wildman–Crippen MR) is 129 cm³/mol. The highest BCUT2D eigenvalue weighted by Crippen LogP contribution is 2.45. The second-order valence-electron chi connectivity index (χ2n) is 7.37. The molecule has 1 unspecified atom stereocenters. The molecule has 0 aliphatic carbocycles. The average molecular weight is 512 g/mol. The van der Waals surface area contributed by atoms with Crippen molar-refractivity contribution in [2.24, 2.45) is 5.73 Å². The van der Waals surface area contributed by atoms with Crippen molar-refractivity contribution in [2.45, 2.75) is 12.8 Å². The van der Waals surface area contributed by atoms with Gasteiger partial charge in [0.2, 0.25) is 0 Å². The van der Waals surface area contributed by atoms with Gasteiger partial charge in [-0.3, -0.25) is 4.90 Å². The normalized spacial score (nSPS) is 15.3. The minimum absolute atomic E-state index is 0.0105. The predicted octanol–water partition coefficient (Wildman–Crippen LogP) is 3.33. The number of carbonyl (C=O) groups excluding carboxylic acids is 2. The van der Waals surface area contributed by atoms with Crippen LogP contribution < -0.4 is 15.4 Å². The molecule has 11 heteroatoms. The molecular weight excluding hydrogens is 490 g/mol. The van der Waals surface area contributed by atoms with E-state index in [9.17, 15) is 24.8 Å². The van der Waals surface area contributed by atoms with E-state index >= 15 is 0 Å². The van der Waals surface area contributed by atoms with Crippen molar-refractivity contribution in [2.75, 3.05) is 25.7 Å². The van der Waals surface area contributed by atoms with Gasteiger partial charge in [-0.1, -0.05) is 41.9 Å². The van der Waals surface area contributed by atoms with Crippen LogP contribution in [-0.2, 0) is 19.1 Å². The first-order valence-corrected chi connectivity index (χ1v) is 10.9. The largest absolute Gasteiger partial charge is 0.493 e. The first-order chi connectivity index (χ1) is 17.2. The highest BCUT2D eigenvalue weighted by atomic mass is 35.5. The van der Waals surface area contributed by atoms with Crippen molar-refractivity contribution in [1.82, 2.24) is 0 Å². The van der Waals surface area contributed by atoms with Gasteiger partial charge in [-0.2, -0.15) is 5.26 Å². The number of hydrogen-bond donors (Lipinski definition) is 2. The van der Waals surface area contributed by atoms with Crippen LogP contribution in [0.2, 0.25) is 5.02 Å². The van der Waals surface area contributed by atoms with Gasteiger partial charge in [0.15, 0.2) is 0 Å². The molecule has 1 heterocycles. The Morgan fingerprint density at radius 1 is 1.14 bits per heavy atom. The Morgan fingerprint density at radius 3 is 2.31 bits per heavy atom. The molecule has 3 N–H and O–H groups in total. The molecule has 0 spiro atoms. The summed E-state index contributed by atoms with van der Waals surface area (Å²) in [4.78, 5) is 39.0. The number of ether oxygens (including phenoxy) is 3. The Labute approximate surface area is 211 Å². The summed E-state index contributed by atoms with van der Waals surface area (Å²) in [7, 11) is 2.24. The summed E-state index contributed by atoms with van der Waals surface area (Å²) in [5.74, 6) is -4.51. The maximum absolute atomic E-state index is 13.1. The van der Waals surface area contributed by atoms with E-state index in [1.807, 2.05) is 6.07 Å². The smallest absolute Gasteiger partial charge is 0.355 e. The Hall–Kier alpha value is -4.49. The number of methoxy groups -OCH3 is 2. The number of halogens is 1.